The lowest BCUT2D eigenvalue weighted by Gasteiger charge is -2.31. The third-order valence-electron chi connectivity index (χ3n) is 7.26. The van der Waals surface area contributed by atoms with Crippen molar-refractivity contribution < 1.29 is 19.5 Å². The van der Waals surface area contributed by atoms with Crippen molar-refractivity contribution in [2.75, 3.05) is 5.32 Å². The van der Waals surface area contributed by atoms with Crippen LogP contribution in [0.25, 0.3) is 0 Å². The molecule has 3 rings (SSSR count). The van der Waals surface area contributed by atoms with E-state index in [4.69, 9.17) is 0 Å². The van der Waals surface area contributed by atoms with E-state index in [9.17, 15) is 19.5 Å². The van der Waals surface area contributed by atoms with Crippen LogP contribution in [0.1, 0.15) is 70.4 Å². The molecule has 1 aliphatic rings. The largest absolute Gasteiger partial charge is 0.481 e. The van der Waals surface area contributed by atoms with Gasteiger partial charge in [-0.15, -0.1) is 0 Å². The lowest BCUT2D eigenvalue weighted by Crippen LogP contribution is -2.50. The number of hydrogen-bond donors (Lipinski definition) is 3. The highest BCUT2D eigenvalue weighted by molar-refractivity contribution is 5.98. The van der Waals surface area contributed by atoms with E-state index in [0.29, 0.717) is 44.2 Å². The van der Waals surface area contributed by atoms with Gasteiger partial charge in [0.2, 0.25) is 11.8 Å². The van der Waals surface area contributed by atoms with Gasteiger partial charge in [0.1, 0.15) is 6.04 Å². The van der Waals surface area contributed by atoms with E-state index >= 15 is 0 Å². The van der Waals surface area contributed by atoms with Gasteiger partial charge in [-0.3, -0.25) is 14.4 Å². The van der Waals surface area contributed by atoms with Gasteiger partial charge in [0.05, 0.1) is 11.3 Å². The summed E-state index contributed by atoms with van der Waals surface area (Å²) < 4.78 is 0. The lowest BCUT2D eigenvalue weighted by molar-refractivity contribution is -0.142. The summed E-state index contributed by atoms with van der Waals surface area (Å²) >= 11 is 0. The van der Waals surface area contributed by atoms with Crippen LogP contribution in [-0.4, -0.2) is 28.9 Å². The Labute approximate surface area is 214 Å². The summed E-state index contributed by atoms with van der Waals surface area (Å²) in [6.45, 7) is 6.19. The molecule has 36 heavy (non-hydrogen) atoms. The minimum atomic E-state index is -0.853. The zero-order valence-electron chi connectivity index (χ0n) is 21.8. The highest BCUT2D eigenvalue weighted by Crippen LogP contribution is 2.45. The summed E-state index contributed by atoms with van der Waals surface area (Å²) in [6.07, 6.45) is 5.17. The first-order chi connectivity index (χ1) is 17.2. The zero-order valence-corrected chi connectivity index (χ0v) is 21.8. The first-order valence-electron chi connectivity index (χ1n) is 13.2. The fourth-order valence-electron chi connectivity index (χ4n) is 5.19. The van der Waals surface area contributed by atoms with Gasteiger partial charge in [-0.2, -0.15) is 0 Å². The number of anilines is 1. The minimum absolute atomic E-state index is 0.199. The predicted octanol–water partition coefficient (Wildman–Crippen LogP) is 5.61. The SMILES string of the molecule is CCCc1ccc(CCC2(C(=O)N[C@@H](CC(C)C)C(=O)Nc3ccccc3)CCC(C(=O)O)C2)cc1. The van der Waals surface area contributed by atoms with Crippen LogP contribution in [0.2, 0.25) is 0 Å². The number of nitrogens with one attached hydrogen (secondary N) is 2. The topological polar surface area (TPSA) is 95.5 Å². The summed E-state index contributed by atoms with van der Waals surface area (Å²) in [5.74, 6) is -1.65. The van der Waals surface area contributed by atoms with Crippen molar-refractivity contribution in [3.63, 3.8) is 0 Å². The number of carbonyl (C=O) groups is 3. The number of aliphatic carboxylic acids is 1. The number of rotatable bonds is 12. The second kappa shape index (κ2) is 12.7. The molecule has 2 aromatic rings. The van der Waals surface area contributed by atoms with E-state index in [-0.39, 0.29) is 17.7 Å². The molecule has 1 fully saturated rings. The van der Waals surface area contributed by atoms with Crippen molar-refractivity contribution in [2.24, 2.45) is 17.3 Å². The Kier molecular flexibility index (Phi) is 9.68. The van der Waals surface area contributed by atoms with Crippen LogP contribution in [0, 0.1) is 17.3 Å². The van der Waals surface area contributed by atoms with Crippen molar-refractivity contribution in [3.8, 4) is 0 Å². The van der Waals surface area contributed by atoms with Crippen molar-refractivity contribution in [3.05, 3.63) is 65.7 Å². The molecule has 0 aromatic heterocycles. The van der Waals surface area contributed by atoms with Crippen LogP contribution in [0.5, 0.6) is 0 Å². The maximum absolute atomic E-state index is 13.8. The molecule has 1 aliphatic carbocycles. The summed E-state index contributed by atoms with van der Waals surface area (Å²) in [5, 5.41) is 15.6. The second-order valence-electron chi connectivity index (χ2n) is 10.6. The van der Waals surface area contributed by atoms with Crippen LogP contribution in [0.4, 0.5) is 5.69 Å². The third-order valence-corrected chi connectivity index (χ3v) is 7.26. The molecule has 0 heterocycles. The highest BCUT2D eigenvalue weighted by atomic mass is 16.4. The molecule has 0 radical (unpaired) electrons. The number of aryl methyl sites for hydroxylation is 2. The number of benzene rings is 2. The van der Waals surface area contributed by atoms with E-state index in [1.807, 2.05) is 44.2 Å². The lowest BCUT2D eigenvalue weighted by atomic mass is 9.78. The van der Waals surface area contributed by atoms with Crippen molar-refractivity contribution in [1.82, 2.24) is 5.32 Å². The Morgan fingerprint density at radius 2 is 1.64 bits per heavy atom. The van der Waals surface area contributed by atoms with Gasteiger partial charge in [0.25, 0.3) is 0 Å². The van der Waals surface area contributed by atoms with Gasteiger partial charge in [-0.1, -0.05) is 69.7 Å². The molecule has 0 spiro atoms. The quantitative estimate of drug-likeness (QED) is 0.359. The molecule has 1 saturated carbocycles. The van der Waals surface area contributed by atoms with Gasteiger partial charge in [0.15, 0.2) is 0 Å². The summed E-state index contributed by atoms with van der Waals surface area (Å²) in [6, 6.07) is 17.0. The van der Waals surface area contributed by atoms with Gasteiger partial charge in [-0.25, -0.2) is 0 Å². The molecule has 2 unspecified atom stereocenters. The Hall–Kier alpha value is -3.15. The van der Waals surface area contributed by atoms with E-state index in [1.165, 1.54) is 5.56 Å². The Morgan fingerprint density at radius 3 is 2.19 bits per heavy atom. The smallest absolute Gasteiger partial charge is 0.306 e. The van der Waals surface area contributed by atoms with Crippen molar-refractivity contribution >= 4 is 23.5 Å². The molecule has 3 atom stereocenters. The van der Waals surface area contributed by atoms with Crippen LogP contribution in [-0.2, 0) is 27.2 Å². The Bertz CT molecular complexity index is 1020. The van der Waals surface area contributed by atoms with Gasteiger partial charge >= 0.3 is 5.97 Å². The van der Waals surface area contributed by atoms with Gasteiger partial charge in [0, 0.05) is 5.69 Å². The molecule has 6 heteroatoms. The van der Waals surface area contributed by atoms with E-state index < -0.39 is 23.3 Å². The van der Waals surface area contributed by atoms with E-state index in [0.717, 1.165) is 18.4 Å². The zero-order chi connectivity index (χ0) is 26.1. The minimum Gasteiger partial charge on any atom is -0.481 e. The number of hydrogen-bond acceptors (Lipinski definition) is 3. The third kappa shape index (κ3) is 7.42. The van der Waals surface area contributed by atoms with Crippen molar-refractivity contribution in [1.29, 1.82) is 0 Å². The average Bonchev–Trinajstić information content (AvgIpc) is 3.30. The summed E-state index contributed by atoms with van der Waals surface area (Å²) in [5.41, 5.74) is 2.31. The molecule has 2 aromatic carbocycles. The van der Waals surface area contributed by atoms with E-state index in [2.05, 4.69) is 41.8 Å². The molecule has 0 aliphatic heterocycles. The first kappa shape index (κ1) is 27.4. The molecule has 0 saturated heterocycles. The maximum atomic E-state index is 13.8. The van der Waals surface area contributed by atoms with Crippen LogP contribution in [0.15, 0.2) is 54.6 Å². The number of carboxylic acids is 1. The first-order valence-corrected chi connectivity index (χ1v) is 13.2. The number of amides is 2. The summed E-state index contributed by atoms with van der Waals surface area (Å²) in [7, 11) is 0. The standard InChI is InChI=1S/C30H40N2O4/c1-4-8-22-11-13-23(14-12-22)15-17-30(18-16-24(20-30)28(34)35)29(36)32-26(19-21(2)3)27(33)31-25-9-6-5-7-10-25/h5-7,9-14,21,24,26H,4,8,15-20H2,1-3H3,(H,31,33)(H,32,36)(H,34,35)/t24?,26-,30?/m0/s1. The second-order valence-corrected chi connectivity index (χ2v) is 10.6. The van der Waals surface area contributed by atoms with Gasteiger partial charge < -0.3 is 15.7 Å². The number of carbonyl (C=O) groups excluding carboxylic acids is 2. The molecular weight excluding hydrogens is 452 g/mol. The van der Waals surface area contributed by atoms with Crippen LogP contribution < -0.4 is 10.6 Å². The highest BCUT2D eigenvalue weighted by Gasteiger charge is 2.47. The predicted molar refractivity (Wildman–Crippen MR) is 143 cm³/mol. The maximum Gasteiger partial charge on any atom is 0.306 e. The summed E-state index contributed by atoms with van der Waals surface area (Å²) in [4.78, 5) is 38.6. The number of para-hydroxylation sites is 1. The molecule has 0 bridgehead atoms. The molecule has 3 N–H and O–H groups in total. The van der Waals surface area contributed by atoms with Crippen molar-refractivity contribution in [2.45, 2.75) is 78.2 Å². The molecule has 6 nitrogen and oxygen atoms in total. The Morgan fingerprint density at radius 1 is 1.00 bits per heavy atom. The monoisotopic (exact) mass is 492 g/mol. The number of carboxylic acid groups (broad SMARTS) is 1. The van der Waals surface area contributed by atoms with E-state index in [1.54, 1.807) is 0 Å². The fraction of sp³-hybridized carbons (Fsp3) is 0.500. The molecular formula is C30H40N2O4. The molecule has 194 valence electrons. The van der Waals surface area contributed by atoms with Crippen LogP contribution in [0.3, 0.4) is 0 Å². The van der Waals surface area contributed by atoms with Gasteiger partial charge in [-0.05, 0) is 74.1 Å². The fourth-order valence-corrected chi connectivity index (χ4v) is 5.19. The normalized spacial score (nSPS) is 20.2. The van der Waals surface area contributed by atoms with Crippen LogP contribution >= 0.6 is 0 Å². The Balaban J connectivity index is 1.76. The molecule has 2 amide bonds. The average molecular weight is 493 g/mol.